The number of carbonyl (C=O) groups is 1. The molecular weight excluding hydrogens is 298 g/mol. The van der Waals surface area contributed by atoms with E-state index in [0.29, 0.717) is 16.2 Å². The summed E-state index contributed by atoms with van der Waals surface area (Å²) in [6.07, 6.45) is 2.60. The summed E-state index contributed by atoms with van der Waals surface area (Å²) in [7, 11) is 0. The largest absolute Gasteiger partial charge is 0.619 e. The minimum absolute atomic E-state index is 0.242. The molecular formula is C16H15N3O2S. The van der Waals surface area contributed by atoms with Crippen molar-refractivity contribution in [3.8, 4) is 0 Å². The molecule has 22 heavy (non-hydrogen) atoms. The highest BCUT2D eigenvalue weighted by Gasteiger charge is 2.10. The number of hydrogen-bond donors (Lipinski definition) is 1. The Morgan fingerprint density at radius 3 is 2.68 bits per heavy atom. The van der Waals surface area contributed by atoms with Gasteiger partial charge in [0.2, 0.25) is 0 Å². The summed E-state index contributed by atoms with van der Waals surface area (Å²) in [5.74, 6) is 0.145. The molecule has 3 aromatic rings. The maximum Gasteiger partial charge on any atom is 0.256 e. The quantitative estimate of drug-likeness (QED) is 0.596. The van der Waals surface area contributed by atoms with E-state index in [4.69, 9.17) is 0 Å². The van der Waals surface area contributed by atoms with E-state index in [2.05, 4.69) is 24.1 Å². The number of benzene rings is 1. The van der Waals surface area contributed by atoms with Gasteiger partial charge in [0.1, 0.15) is 0 Å². The third-order valence-electron chi connectivity index (χ3n) is 3.22. The number of nitrogens with zero attached hydrogens (tertiary/aromatic N) is 2. The first-order chi connectivity index (χ1) is 10.5. The zero-order valence-corrected chi connectivity index (χ0v) is 13.1. The van der Waals surface area contributed by atoms with Crippen molar-refractivity contribution in [2.75, 3.05) is 5.32 Å². The van der Waals surface area contributed by atoms with Gasteiger partial charge >= 0.3 is 0 Å². The fourth-order valence-electron chi connectivity index (χ4n) is 2.03. The Kier molecular flexibility index (Phi) is 3.77. The van der Waals surface area contributed by atoms with E-state index in [9.17, 15) is 10.0 Å². The zero-order chi connectivity index (χ0) is 15.7. The number of fused-ring (bicyclic) bond motifs is 1. The second-order valence-electron chi connectivity index (χ2n) is 5.29. The van der Waals surface area contributed by atoms with Crippen LogP contribution in [0, 0.1) is 5.21 Å². The van der Waals surface area contributed by atoms with Gasteiger partial charge in [0.05, 0.1) is 20.8 Å². The van der Waals surface area contributed by atoms with Gasteiger partial charge < -0.3 is 10.5 Å². The minimum atomic E-state index is -0.242. The van der Waals surface area contributed by atoms with Gasteiger partial charge in [-0.1, -0.05) is 13.8 Å². The topological polar surface area (TPSA) is 68.9 Å². The smallest absolute Gasteiger partial charge is 0.256 e. The molecule has 0 aliphatic rings. The van der Waals surface area contributed by atoms with Crippen molar-refractivity contribution in [3.63, 3.8) is 0 Å². The van der Waals surface area contributed by atoms with Crippen LogP contribution in [0.25, 0.3) is 10.2 Å². The molecule has 0 aliphatic carbocycles. The molecule has 2 heterocycles. The molecule has 1 amide bonds. The normalized spacial score (nSPS) is 11.0. The fourth-order valence-corrected chi connectivity index (χ4v) is 3.04. The average Bonchev–Trinajstić information content (AvgIpc) is 2.91. The van der Waals surface area contributed by atoms with Crippen molar-refractivity contribution in [3.05, 3.63) is 58.5 Å². The summed E-state index contributed by atoms with van der Waals surface area (Å²) in [5, 5.41) is 14.9. The molecule has 0 radical (unpaired) electrons. The summed E-state index contributed by atoms with van der Waals surface area (Å²) >= 11 is 1.64. The standard InChI is InChI=1S/C16H15N3O2S/c1-10(2)16-18-13-4-3-12(9-14(13)22-16)17-15(20)11-5-7-19(21)8-6-11/h3-10H,1-2H3,(H,17,20). The van der Waals surface area contributed by atoms with E-state index in [1.165, 1.54) is 24.5 Å². The van der Waals surface area contributed by atoms with Crippen LogP contribution in [0.4, 0.5) is 5.69 Å². The van der Waals surface area contributed by atoms with Crippen LogP contribution in [0.15, 0.2) is 42.7 Å². The summed E-state index contributed by atoms with van der Waals surface area (Å²) < 4.78 is 1.69. The molecule has 0 spiro atoms. The Morgan fingerprint density at radius 2 is 2.00 bits per heavy atom. The number of hydrogen-bond acceptors (Lipinski definition) is 4. The molecule has 0 saturated carbocycles. The maximum absolute atomic E-state index is 12.1. The van der Waals surface area contributed by atoms with Crippen LogP contribution in [-0.4, -0.2) is 10.9 Å². The van der Waals surface area contributed by atoms with Gasteiger partial charge in [-0.25, -0.2) is 4.98 Å². The van der Waals surface area contributed by atoms with Gasteiger partial charge in [0.15, 0.2) is 12.4 Å². The second-order valence-corrected chi connectivity index (χ2v) is 6.35. The molecule has 1 N–H and O–H groups in total. The lowest BCUT2D eigenvalue weighted by Crippen LogP contribution is -2.25. The lowest BCUT2D eigenvalue weighted by atomic mass is 10.2. The number of amides is 1. The molecule has 6 heteroatoms. The van der Waals surface area contributed by atoms with Crippen molar-refractivity contribution < 1.29 is 9.52 Å². The SMILES string of the molecule is CC(C)c1nc2ccc(NC(=O)c3cc[n+]([O-])cc3)cc2s1. The number of rotatable bonds is 3. The van der Waals surface area contributed by atoms with Crippen LogP contribution in [0.1, 0.15) is 35.1 Å². The molecule has 0 fully saturated rings. The van der Waals surface area contributed by atoms with E-state index < -0.39 is 0 Å². The number of pyridine rings is 1. The number of thiazole rings is 1. The van der Waals surface area contributed by atoms with Crippen molar-refractivity contribution in [1.29, 1.82) is 0 Å². The molecule has 0 unspecified atom stereocenters. The third-order valence-corrected chi connectivity index (χ3v) is 4.54. The van der Waals surface area contributed by atoms with Gasteiger partial charge in [-0.2, -0.15) is 4.73 Å². The first-order valence-corrected chi connectivity index (χ1v) is 7.75. The molecule has 0 saturated heterocycles. The van der Waals surface area contributed by atoms with E-state index in [0.717, 1.165) is 20.9 Å². The van der Waals surface area contributed by atoms with Gasteiger partial charge in [0.25, 0.3) is 5.91 Å². The molecule has 0 aliphatic heterocycles. The third kappa shape index (κ3) is 2.92. The molecule has 0 atom stereocenters. The number of anilines is 1. The first-order valence-electron chi connectivity index (χ1n) is 6.93. The monoisotopic (exact) mass is 313 g/mol. The Bertz CT molecular complexity index is 825. The molecule has 1 aromatic carbocycles. The molecule has 3 rings (SSSR count). The lowest BCUT2D eigenvalue weighted by Gasteiger charge is -2.04. The Labute approximate surface area is 131 Å². The Balaban J connectivity index is 1.84. The highest BCUT2D eigenvalue weighted by molar-refractivity contribution is 7.18. The number of aromatic nitrogens is 2. The fraction of sp³-hybridized carbons (Fsp3) is 0.188. The zero-order valence-electron chi connectivity index (χ0n) is 12.2. The minimum Gasteiger partial charge on any atom is -0.619 e. The van der Waals surface area contributed by atoms with Gasteiger partial charge in [-0.15, -0.1) is 11.3 Å². The Morgan fingerprint density at radius 1 is 1.27 bits per heavy atom. The lowest BCUT2D eigenvalue weighted by molar-refractivity contribution is -0.605. The first kappa shape index (κ1) is 14.5. The van der Waals surface area contributed by atoms with Gasteiger partial charge in [-0.05, 0) is 18.2 Å². The molecule has 2 aromatic heterocycles. The Hall–Kier alpha value is -2.47. The summed E-state index contributed by atoms with van der Waals surface area (Å²) in [5.41, 5.74) is 2.11. The second kappa shape index (κ2) is 5.73. The summed E-state index contributed by atoms with van der Waals surface area (Å²) in [6, 6.07) is 8.65. The van der Waals surface area contributed by atoms with Crippen LogP contribution in [-0.2, 0) is 0 Å². The van der Waals surface area contributed by atoms with Crippen molar-refractivity contribution in [2.45, 2.75) is 19.8 Å². The van der Waals surface area contributed by atoms with Gasteiger partial charge in [-0.3, -0.25) is 4.79 Å². The van der Waals surface area contributed by atoms with Crippen LogP contribution >= 0.6 is 11.3 Å². The van der Waals surface area contributed by atoms with Crippen LogP contribution in [0.5, 0.6) is 0 Å². The predicted molar refractivity (Wildman–Crippen MR) is 87.1 cm³/mol. The van der Waals surface area contributed by atoms with Crippen molar-refractivity contribution in [1.82, 2.24) is 4.98 Å². The summed E-state index contributed by atoms with van der Waals surface area (Å²) in [6.45, 7) is 4.22. The van der Waals surface area contributed by atoms with Gasteiger partial charge in [0, 0.05) is 23.7 Å². The highest BCUT2D eigenvalue weighted by atomic mass is 32.1. The van der Waals surface area contributed by atoms with Crippen molar-refractivity contribution >= 4 is 33.1 Å². The highest BCUT2D eigenvalue weighted by Crippen LogP contribution is 2.29. The summed E-state index contributed by atoms with van der Waals surface area (Å²) in [4.78, 5) is 16.7. The maximum atomic E-state index is 12.1. The molecule has 5 nitrogen and oxygen atoms in total. The van der Waals surface area contributed by atoms with E-state index in [1.54, 1.807) is 11.3 Å². The number of carbonyl (C=O) groups excluding carboxylic acids is 1. The van der Waals surface area contributed by atoms with E-state index >= 15 is 0 Å². The van der Waals surface area contributed by atoms with Crippen molar-refractivity contribution in [2.24, 2.45) is 0 Å². The molecule has 112 valence electrons. The number of nitrogens with one attached hydrogen (secondary N) is 1. The van der Waals surface area contributed by atoms with Crippen LogP contribution in [0.2, 0.25) is 0 Å². The average molecular weight is 313 g/mol. The van der Waals surface area contributed by atoms with Crippen LogP contribution in [0.3, 0.4) is 0 Å². The van der Waals surface area contributed by atoms with E-state index in [1.807, 2.05) is 18.2 Å². The molecule has 0 bridgehead atoms. The van der Waals surface area contributed by atoms with E-state index in [-0.39, 0.29) is 5.91 Å². The van der Waals surface area contributed by atoms with Crippen LogP contribution < -0.4 is 10.0 Å². The predicted octanol–water partition coefficient (Wildman–Crippen LogP) is 3.31.